The minimum Gasteiger partial charge on any atom is -0.356 e. The molecule has 3 rings (SSSR count). The Bertz CT molecular complexity index is 513. The molecule has 1 N–H and O–H groups in total. The van der Waals surface area contributed by atoms with Crippen LogP contribution in [0.3, 0.4) is 0 Å². The van der Waals surface area contributed by atoms with Gasteiger partial charge in [0.05, 0.1) is 0 Å². The molecule has 2 aliphatic heterocycles. The van der Waals surface area contributed by atoms with Crippen molar-refractivity contribution in [3.8, 4) is 0 Å². The lowest BCUT2D eigenvalue weighted by Gasteiger charge is -2.22. The number of nitrogens with zero attached hydrogens (tertiary/aromatic N) is 4. The third kappa shape index (κ3) is 5.56. The minimum absolute atomic E-state index is 0.480. The summed E-state index contributed by atoms with van der Waals surface area (Å²) in [4.78, 5) is 14.3. The van der Waals surface area contributed by atoms with Crippen molar-refractivity contribution in [2.45, 2.75) is 64.8 Å². The van der Waals surface area contributed by atoms with Crippen molar-refractivity contribution in [1.82, 2.24) is 14.9 Å². The third-order valence-corrected chi connectivity index (χ3v) is 5.53. The van der Waals surface area contributed by atoms with Gasteiger partial charge in [-0.05, 0) is 37.7 Å². The van der Waals surface area contributed by atoms with Crippen LogP contribution in [0.2, 0.25) is 0 Å². The summed E-state index contributed by atoms with van der Waals surface area (Å²) in [5.74, 6) is 2.69. The van der Waals surface area contributed by atoms with E-state index < -0.39 is 0 Å². The second kappa shape index (κ2) is 9.37. The van der Waals surface area contributed by atoms with Crippen LogP contribution in [0.15, 0.2) is 12.3 Å². The molecule has 25 heavy (non-hydrogen) atoms. The van der Waals surface area contributed by atoms with Crippen molar-refractivity contribution in [1.29, 1.82) is 0 Å². The summed E-state index contributed by atoms with van der Waals surface area (Å²) in [7, 11) is 0. The van der Waals surface area contributed by atoms with E-state index in [0.29, 0.717) is 6.04 Å². The van der Waals surface area contributed by atoms with Gasteiger partial charge in [0.15, 0.2) is 0 Å². The first-order valence-corrected chi connectivity index (χ1v) is 10.3. The molecular weight excluding hydrogens is 310 g/mol. The van der Waals surface area contributed by atoms with Crippen molar-refractivity contribution in [2.24, 2.45) is 5.92 Å². The monoisotopic (exact) mass is 345 g/mol. The van der Waals surface area contributed by atoms with Crippen LogP contribution in [0.25, 0.3) is 0 Å². The third-order valence-electron chi connectivity index (χ3n) is 5.53. The Hall–Kier alpha value is -1.36. The highest BCUT2D eigenvalue weighted by Gasteiger charge is 2.24. The van der Waals surface area contributed by atoms with E-state index in [0.717, 1.165) is 37.3 Å². The fourth-order valence-electron chi connectivity index (χ4n) is 4.22. The lowest BCUT2D eigenvalue weighted by Crippen LogP contribution is -2.30. The van der Waals surface area contributed by atoms with Gasteiger partial charge in [0.1, 0.15) is 5.82 Å². The SMILES string of the molecule is CCCC(C)CN1CCC(Nc2nccc(N3CCCCCC3)n2)C1. The minimum atomic E-state index is 0.480. The van der Waals surface area contributed by atoms with E-state index in [-0.39, 0.29) is 0 Å². The van der Waals surface area contributed by atoms with Crippen LogP contribution < -0.4 is 10.2 Å². The topological polar surface area (TPSA) is 44.3 Å². The molecule has 0 spiro atoms. The molecule has 3 heterocycles. The van der Waals surface area contributed by atoms with E-state index in [9.17, 15) is 0 Å². The van der Waals surface area contributed by atoms with Crippen LogP contribution in [0, 0.1) is 5.92 Å². The standard InChI is InChI=1S/C20H35N5/c1-3-8-17(2)15-24-14-10-18(16-24)22-20-21-11-9-19(23-20)25-12-6-4-5-7-13-25/h9,11,17-18H,3-8,10,12-16H2,1-2H3,(H,21,22,23). The Morgan fingerprint density at radius 1 is 1.20 bits per heavy atom. The lowest BCUT2D eigenvalue weighted by molar-refractivity contribution is 0.277. The summed E-state index contributed by atoms with van der Waals surface area (Å²) in [5, 5.41) is 3.58. The molecule has 2 fully saturated rings. The lowest BCUT2D eigenvalue weighted by atomic mass is 10.1. The second-order valence-electron chi connectivity index (χ2n) is 7.92. The van der Waals surface area contributed by atoms with E-state index in [1.807, 2.05) is 6.20 Å². The smallest absolute Gasteiger partial charge is 0.224 e. The van der Waals surface area contributed by atoms with Crippen molar-refractivity contribution >= 4 is 11.8 Å². The Balaban J connectivity index is 1.52. The maximum absolute atomic E-state index is 4.80. The normalized spacial score (nSPS) is 23.4. The van der Waals surface area contributed by atoms with Crippen molar-refractivity contribution in [3.05, 3.63) is 12.3 Å². The fourth-order valence-corrected chi connectivity index (χ4v) is 4.22. The zero-order chi connectivity index (χ0) is 17.5. The maximum atomic E-state index is 4.80. The van der Waals surface area contributed by atoms with E-state index in [2.05, 4.69) is 40.0 Å². The summed E-state index contributed by atoms with van der Waals surface area (Å²) in [5.41, 5.74) is 0. The Morgan fingerprint density at radius 3 is 2.76 bits per heavy atom. The Labute approximate surface area is 153 Å². The second-order valence-corrected chi connectivity index (χ2v) is 7.92. The van der Waals surface area contributed by atoms with E-state index in [1.54, 1.807) is 0 Å². The zero-order valence-electron chi connectivity index (χ0n) is 16.1. The number of hydrogen-bond acceptors (Lipinski definition) is 5. The van der Waals surface area contributed by atoms with Gasteiger partial charge in [0, 0.05) is 45.0 Å². The quantitative estimate of drug-likeness (QED) is 0.815. The molecule has 2 aliphatic rings. The number of anilines is 2. The molecule has 0 bridgehead atoms. The van der Waals surface area contributed by atoms with Gasteiger partial charge in [-0.25, -0.2) is 4.98 Å². The molecule has 0 radical (unpaired) electrons. The molecular formula is C20H35N5. The van der Waals surface area contributed by atoms with E-state index in [4.69, 9.17) is 4.98 Å². The van der Waals surface area contributed by atoms with Crippen LogP contribution in [-0.2, 0) is 0 Å². The van der Waals surface area contributed by atoms with Gasteiger partial charge in [-0.15, -0.1) is 0 Å². The molecule has 2 unspecified atom stereocenters. The molecule has 0 aliphatic carbocycles. The van der Waals surface area contributed by atoms with Crippen molar-refractivity contribution < 1.29 is 0 Å². The van der Waals surface area contributed by atoms with Gasteiger partial charge >= 0.3 is 0 Å². The van der Waals surface area contributed by atoms with Gasteiger partial charge in [0.25, 0.3) is 0 Å². The number of hydrogen-bond donors (Lipinski definition) is 1. The molecule has 0 aromatic carbocycles. The highest BCUT2D eigenvalue weighted by Crippen LogP contribution is 2.20. The van der Waals surface area contributed by atoms with Crippen molar-refractivity contribution in [3.63, 3.8) is 0 Å². The average Bonchev–Trinajstić information content (AvgIpc) is 2.86. The Morgan fingerprint density at radius 2 is 2.00 bits per heavy atom. The molecule has 1 aromatic heterocycles. The van der Waals surface area contributed by atoms with Gasteiger partial charge in [-0.1, -0.05) is 33.1 Å². The summed E-state index contributed by atoms with van der Waals surface area (Å²) < 4.78 is 0. The van der Waals surface area contributed by atoms with Gasteiger partial charge in [-0.3, -0.25) is 0 Å². The number of rotatable bonds is 7. The predicted octanol–water partition coefficient (Wildman–Crippen LogP) is 3.78. The summed E-state index contributed by atoms with van der Waals surface area (Å²) in [6, 6.07) is 2.54. The van der Waals surface area contributed by atoms with Gasteiger partial charge in [-0.2, -0.15) is 4.98 Å². The van der Waals surface area contributed by atoms with Crippen LogP contribution in [0.5, 0.6) is 0 Å². The molecule has 2 saturated heterocycles. The van der Waals surface area contributed by atoms with E-state index >= 15 is 0 Å². The Kier molecular flexibility index (Phi) is 6.91. The molecule has 140 valence electrons. The highest BCUT2D eigenvalue weighted by atomic mass is 15.3. The summed E-state index contributed by atoms with van der Waals surface area (Å²) in [6.07, 6.45) is 11.0. The molecule has 5 heteroatoms. The maximum Gasteiger partial charge on any atom is 0.224 e. The zero-order valence-corrected chi connectivity index (χ0v) is 16.1. The first-order chi connectivity index (χ1) is 12.2. The largest absolute Gasteiger partial charge is 0.356 e. The van der Waals surface area contributed by atoms with Gasteiger partial charge in [0.2, 0.25) is 5.95 Å². The predicted molar refractivity (Wildman–Crippen MR) is 105 cm³/mol. The molecule has 1 aromatic rings. The van der Waals surface area contributed by atoms with Crippen LogP contribution in [0.1, 0.15) is 58.8 Å². The average molecular weight is 346 g/mol. The summed E-state index contributed by atoms with van der Waals surface area (Å²) in [6.45, 7) is 10.4. The van der Waals surface area contributed by atoms with Crippen molar-refractivity contribution in [2.75, 3.05) is 42.9 Å². The van der Waals surface area contributed by atoms with Crippen LogP contribution in [-0.4, -0.2) is 53.6 Å². The number of nitrogens with one attached hydrogen (secondary N) is 1. The number of aromatic nitrogens is 2. The highest BCUT2D eigenvalue weighted by molar-refractivity contribution is 5.43. The molecule has 2 atom stereocenters. The summed E-state index contributed by atoms with van der Waals surface area (Å²) >= 11 is 0. The first-order valence-electron chi connectivity index (χ1n) is 10.3. The molecule has 0 saturated carbocycles. The van der Waals surface area contributed by atoms with Crippen LogP contribution in [0.4, 0.5) is 11.8 Å². The first kappa shape index (κ1) is 18.4. The molecule has 5 nitrogen and oxygen atoms in total. The van der Waals surface area contributed by atoms with Crippen LogP contribution >= 0.6 is 0 Å². The molecule has 0 amide bonds. The van der Waals surface area contributed by atoms with E-state index in [1.165, 1.54) is 58.0 Å². The number of likely N-dealkylation sites (tertiary alicyclic amines) is 1. The van der Waals surface area contributed by atoms with Gasteiger partial charge < -0.3 is 15.1 Å². The fraction of sp³-hybridized carbons (Fsp3) is 0.800.